The fraction of sp³-hybridized carbons (Fsp3) is 0.235. The SMILES string of the molecule is Cc1ccc(C(=O)C(Br)C(Br)c2ccc(C)c(Br)c2)cc1. The highest BCUT2D eigenvalue weighted by atomic mass is 79.9. The van der Waals surface area contributed by atoms with E-state index >= 15 is 0 Å². The van der Waals surface area contributed by atoms with Crippen LogP contribution in [0, 0.1) is 13.8 Å². The van der Waals surface area contributed by atoms with Gasteiger partial charge in [-0.1, -0.05) is 89.8 Å². The molecule has 0 fully saturated rings. The second-order valence-corrected chi connectivity index (χ2v) is 7.87. The smallest absolute Gasteiger partial charge is 0.177 e. The van der Waals surface area contributed by atoms with Crippen LogP contribution in [0.4, 0.5) is 0 Å². The van der Waals surface area contributed by atoms with Gasteiger partial charge in [0.15, 0.2) is 5.78 Å². The van der Waals surface area contributed by atoms with Crippen LogP contribution in [0.25, 0.3) is 0 Å². The molecule has 0 aliphatic heterocycles. The van der Waals surface area contributed by atoms with E-state index in [0.29, 0.717) is 0 Å². The standard InChI is InChI=1S/C17H15Br3O/c1-10-3-6-12(7-4-10)17(21)16(20)15(19)13-8-5-11(2)14(18)9-13/h3-9,15-16H,1-2H3. The van der Waals surface area contributed by atoms with Gasteiger partial charge in [-0.2, -0.15) is 0 Å². The summed E-state index contributed by atoms with van der Waals surface area (Å²) in [7, 11) is 0. The Labute approximate surface area is 150 Å². The van der Waals surface area contributed by atoms with Crippen LogP contribution in [0.2, 0.25) is 0 Å². The number of halogens is 3. The molecule has 0 radical (unpaired) electrons. The minimum Gasteiger partial charge on any atom is -0.293 e. The van der Waals surface area contributed by atoms with Crippen molar-refractivity contribution in [3.63, 3.8) is 0 Å². The number of benzene rings is 2. The normalized spacial score (nSPS) is 13.8. The van der Waals surface area contributed by atoms with Crippen molar-refractivity contribution in [1.29, 1.82) is 0 Å². The van der Waals surface area contributed by atoms with Crippen molar-refractivity contribution >= 4 is 53.6 Å². The Morgan fingerprint density at radius 3 is 2.19 bits per heavy atom. The van der Waals surface area contributed by atoms with Gasteiger partial charge in [0.2, 0.25) is 0 Å². The van der Waals surface area contributed by atoms with Gasteiger partial charge in [-0.05, 0) is 31.0 Å². The molecule has 0 N–H and O–H groups in total. The van der Waals surface area contributed by atoms with Crippen molar-refractivity contribution in [2.24, 2.45) is 0 Å². The van der Waals surface area contributed by atoms with Gasteiger partial charge in [0, 0.05) is 10.0 Å². The van der Waals surface area contributed by atoms with Gasteiger partial charge in [0.05, 0.1) is 9.65 Å². The summed E-state index contributed by atoms with van der Waals surface area (Å²) in [6.45, 7) is 4.05. The van der Waals surface area contributed by atoms with E-state index in [9.17, 15) is 4.79 Å². The Morgan fingerprint density at radius 2 is 1.62 bits per heavy atom. The molecule has 2 aromatic rings. The maximum absolute atomic E-state index is 12.5. The summed E-state index contributed by atoms with van der Waals surface area (Å²) >= 11 is 10.7. The maximum atomic E-state index is 12.5. The molecule has 0 amide bonds. The molecule has 0 saturated carbocycles. The largest absolute Gasteiger partial charge is 0.293 e. The Morgan fingerprint density at radius 1 is 1.00 bits per heavy atom. The summed E-state index contributed by atoms with van der Waals surface area (Å²) in [6, 6.07) is 13.8. The van der Waals surface area contributed by atoms with Crippen LogP contribution < -0.4 is 0 Å². The molecule has 2 atom stereocenters. The summed E-state index contributed by atoms with van der Waals surface area (Å²) in [4.78, 5) is 12.1. The molecule has 0 aliphatic carbocycles. The van der Waals surface area contributed by atoms with Gasteiger partial charge >= 0.3 is 0 Å². The predicted molar refractivity (Wildman–Crippen MR) is 98.8 cm³/mol. The first kappa shape index (κ1) is 16.9. The topological polar surface area (TPSA) is 17.1 Å². The lowest BCUT2D eigenvalue weighted by Gasteiger charge is -2.17. The van der Waals surface area contributed by atoms with Gasteiger partial charge in [0.1, 0.15) is 0 Å². The van der Waals surface area contributed by atoms with Crippen molar-refractivity contribution in [1.82, 2.24) is 0 Å². The first-order chi connectivity index (χ1) is 9.90. The van der Waals surface area contributed by atoms with Gasteiger partial charge < -0.3 is 0 Å². The minimum absolute atomic E-state index is 0.0774. The van der Waals surface area contributed by atoms with Gasteiger partial charge in [0.25, 0.3) is 0 Å². The van der Waals surface area contributed by atoms with E-state index < -0.39 is 0 Å². The lowest BCUT2D eigenvalue weighted by molar-refractivity contribution is 0.0991. The fourth-order valence-corrected chi connectivity index (χ4v) is 3.45. The average molecular weight is 475 g/mol. The van der Waals surface area contributed by atoms with Gasteiger partial charge in [-0.15, -0.1) is 0 Å². The molecule has 0 aliphatic rings. The van der Waals surface area contributed by atoms with Crippen molar-refractivity contribution in [3.8, 4) is 0 Å². The Balaban J connectivity index is 2.21. The van der Waals surface area contributed by atoms with E-state index in [-0.39, 0.29) is 15.4 Å². The molecule has 0 spiro atoms. The molecule has 1 nitrogen and oxygen atoms in total. The number of alkyl halides is 2. The van der Waals surface area contributed by atoms with E-state index in [2.05, 4.69) is 47.8 Å². The molecule has 2 unspecified atom stereocenters. The molecule has 2 rings (SSSR count). The van der Waals surface area contributed by atoms with Gasteiger partial charge in [-0.3, -0.25) is 4.79 Å². The van der Waals surface area contributed by atoms with Crippen LogP contribution >= 0.6 is 47.8 Å². The number of rotatable bonds is 4. The molecule has 0 bridgehead atoms. The Bertz CT molecular complexity index is 650. The second-order valence-electron chi connectivity index (χ2n) is 5.04. The third kappa shape index (κ3) is 4.05. The van der Waals surface area contributed by atoms with E-state index in [1.54, 1.807) is 0 Å². The van der Waals surface area contributed by atoms with Crippen molar-refractivity contribution < 1.29 is 4.79 Å². The lowest BCUT2D eigenvalue weighted by atomic mass is 10.0. The number of ketones is 1. The number of carbonyl (C=O) groups is 1. The summed E-state index contributed by atoms with van der Waals surface area (Å²) in [5.41, 5.74) is 4.11. The van der Waals surface area contributed by atoms with Crippen LogP contribution in [0.15, 0.2) is 46.9 Å². The highest BCUT2D eigenvalue weighted by molar-refractivity contribution is 9.12. The summed E-state index contributed by atoms with van der Waals surface area (Å²) in [6.07, 6.45) is 0. The third-order valence-electron chi connectivity index (χ3n) is 3.36. The van der Waals surface area contributed by atoms with Gasteiger partial charge in [-0.25, -0.2) is 0 Å². The molecule has 110 valence electrons. The monoisotopic (exact) mass is 472 g/mol. The van der Waals surface area contributed by atoms with Crippen LogP contribution in [-0.4, -0.2) is 10.6 Å². The van der Waals surface area contributed by atoms with E-state index in [1.807, 2.05) is 56.3 Å². The van der Waals surface area contributed by atoms with E-state index in [1.165, 1.54) is 5.56 Å². The molecule has 0 aromatic heterocycles. The van der Waals surface area contributed by atoms with E-state index in [0.717, 1.165) is 21.2 Å². The molecule has 21 heavy (non-hydrogen) atoms. The number of hydrogen-bond acceptors (Lipinski definition) is 1. The zero-order valence-electron chi connectivity index (χ0n) is 11.7. The van der Waals surface area contributed by atoms with Crippen molar-refractivity contribution in [2.45, 2.75) is 23.5 Å². The number of hydrogen-bond donors (Lipinski definition) is 0. The Hall–Kier alpha value is -0.450. The molecule has 0 heterocycles. The number of aryl methyl sites for hydroxylation is 2. The van der Waals surface area contributed by atoms with Crippen molar-refractivity contribution in [3.05, 3.63) is 69.2 Å². The Kier molecular flexibility index (Phi) is 5.81. The zero-order valence-corrected chi connectivity index (χ0v) is 16.5. The summed E-state index contributed by atoms with van der Waals surface area (Å²) < 4.78 is 1.05. The van der Waals surface area contributed by atoms with Crippen LogP contribution in [0.5, 0.6) is 0 Å². The van der Waals surface area contributed by atoms with Crippen LogP contribution in [-0.2, 0) is 0 Å². The predicted octanol–water partition coefficient (Wildman–Crippen LogP) is 6.15. The number of Topliss-reactive ketones (excluding diaryl/α,β-unsaturated/α-hetero) is 1. The van der Waals surface area contributed by atoms with E-state index in [4.69, 9.17) is 0 Å². The third-order valence-corrected chi connectivity index (χ3v) is 6.92. The summed E-state index contributed by atoms with van der Waals surface area (Å²) in [5.74, 6) is 0.0774. The lowest BCUT2D eigenvalue weighted by Crippen LogP contribution is -2.19. The highest BCUT2D eigenvalue weighted by Gasteiger charge is 2.26. The summed E-state index contributed by atoms with van der Waals surface area (Å²) in [5, 5.41) is 0. The average Bonchev–Trinajstić information content (AvgIpc) is 2.48. The highest BCUT2D eigenvalue weighted by Crippen LogP contribution is 2.35. The van der Waals surface area contributed by atoms with Crippen LogP contribution in [0.3, 0.4) is 0 Å². The molecule has 0 saturated heterocycles. The second kappa shape index (κ2) is 7.21. The molecular formula is C17H15Br3O. The number of carbonyl (C=O) groups excluding carboxylic acids is 1. The minimum atomic E-state index is -0.310. The molecule has 4 heteroatoms. The first-order valence-corrected chi connectivity index (χ1v) is 9.17. The maximum Gasteiger partial charge on any atom is 0.177 e. The fourth-order valence-electron chi connectivity index (χ4n) is 1.96. The van der Waals surface area contributed by atoms with Crippen molar-refractivity contribution in [2.75, 3.05) is 0 Å². The zero-order chi connectivity index (χ0) is 15.6. The molecular weight excluding hydrogens is 460 g/mol. The first-order valence-electron chi connectivity index (χ1n) is 6.55. The molecule has 2 aromatic carbocycles. The van der Waals surface area contributed by atoms with Crippen LogP contribution in [0.1, 0.15) is 31.9 Å². The quantitative estimate of drug-likeness (QED) is 0.383.